The van der Waals surface area contributed by atoms with Crippen molar-refractivity contribution in [2.45, 2.75) is 13.5 Å². The normalized spacial score (nSPS) is 11.2. The van der Waals surface area contributed by atoms with E-state index in [1.54, 1.807) is 13.0 Å². The predicted molar refractivity (Wildman–Crippen MR) is 107 cm³/mol. The van der Waals surface area contributed by atoms with E-state index in [0.29, 0.717) is 32.9 Å². The molecule has 5 rings (SSSR count). The first-order valence-electron chi connectivity index (χ1n) is 8.90. The van der Waals surface area contributed by atoms with Crippen molar-refractivity contribution >= 4 is 28.3 Å². The van der Waals surface area contributed by atoms with Crippen LogP contribution >= 0.6 is 11.3 Å². The topological polar surface area (TPSA) is 83.3 Å². The SMILES string of the molecule is Cc1nc(-n2cccc2)sc1C(=O)OCc1cc(-c2cc3ccccc3o2)on1. The highest BCUT2D eigenvalue weighted by Gasteiger charge is 2.19. The quantitative estimate of drug-likeness (QED) is 0.383. The number of furan rings is 1. The van der Waals surface area contributed by atoms with E-state index in [1.165, 1.54) is 11.3 Å². The molecular weight excluding hydrogens is 390 g/mol. The second kappa shape index (κ2) is 7.06. The van der Waals surface area contributed by atoms with E-state index in [9.17, 15) is 4.79 Å². The van der Waals surface area contributed by atoms with Crippen molar-refractivity contribution in [3.8, 4) is 16.7 Å². The Bertz CT molecular complexity index is 1260. The third-order valence-electron chi connectivity index (χ3n) is 4.37. The third-order valence-corrected chi connectivity index (χ3v) is 5.53. The minimum atomic E-state index is -0.438. The Morgan fingerprint density at radius 1 is 1.14 bits per heavy atom. The Morgan fingerprint density at radius 3 is 2.79 bits per heavy atom. The molecule has 0 saturated carbocycles. The van der Waals surface area contributed by atoms with Gasteiger partial charge in [-0.2, -0.15) is 0 Å². The Balaban J connectivity index is 1.29. The monoisotopic (exact) mass is 405 g/mol. The summed E-state index contributed by atoms with van der Waals surface area (Å²) in [5.41, 5.74) is 1.90. The van der Waals surface area contributed by atoms with Crippen LogP contribution in [0.1, 0.15) is 21.1 Å². The summed E-state index contributed by atoms with van der Waals surface area (Å²) in [5, 5.41) is 5.66. The maximum Gasteiger partial charge on any atom is 0.350 e. The Morgan fingerprint density at radius 2 is 1.97 bits per heavy atom. The van der Waals surface area contributed by atoms with Gasteiger partial charge >= 0.3 is 5.97 Å². The minimum absolute atomic E-state index is 0.00124. The number of hydrogen-bond donors (Lipinski definition) is 0. The third kappa shape index (κ3) is 3.34. The molecule has 0 fully saturated rings. The van der Waals surface area contributed by atoms with Gasteiger partial charge < -0.3 is 18.2 Å². The standard InChI is InChI=1S/C21H15N3O4S/c1-13-19(29-21(22-13)24-8-4-5-9-24)20(25)26-12-15-11-18(28-23-15)17-10-14-6-2-3-7-16(14)27-17/h2-11H,12H2,1H3. The lowest BCUT2D eigenvalue weighted by Gasteiger charge is -2.00. The number of carbonyl (C=O) groups is 1. The van der Waals surface area contributed by atoms with Crippen molar-refractivity contribution in [1.82, 2.24) is 14.7 Å². The number of esters is 1. The molecule has 7 nitrogen and oxygen atoms in total. The zero-order valence-electron chi connectivity index (χ0n) is 15.4. The fourth-order valence-corrected chi connectivity index (χ4v) is 3.88. The van der Waals surface area contributed by atoms with Crippen molar-refractivity contribution in [1.29, 1.82) is 0 Å². The van der Waals surface area contributed by atoms with Crippen LogP contribution in [0.25, 0.3) is 27.6 Å². The van der Waals surface area contributed by atoms with Crippen LogP contribution in [-0.4, -0.2) is 20.7 Å². The molecule has 144 valence electrons. The van der Waals surface area contributed by atoms with Crippen molar-refractivity contribution < 1.29 is 18.5 Å². The Hall–Kier alpha value is -3.65. The van der Waals surface area contributed by atoms with E-state index in [0.717, 1.165) is 11.0 Å². The summed E-state index contributed by atoms with van der Waals surface area (Å²) in [4.78, 5) is 17.4. The highest BCUT2D eigenvalue weighted by molar-refractivity contribution is 7.16. The second-order valence-corrected chi connectivity index (χ2v) is 7.39. The average molecular weight is 405 g/mol. The van der Waals surface area contributed by atoms with Crippen LogP contribution in [0.4, 0.5) is 0 Å². The van der Waals surface area contributed by atoms with Crippen LogP contribution < -0.4 is 0 Å². The summed E-state index contributed by atoms with van der Waals surface area (Å²) >= 11 is 1.28. The molecule has 1 aromatic carbocycles. The Kier molecular flexibility index (Phi) is 4.25. The molecule has 0 saturated heterocycles. The first kappa shape index (κ1) is 17.4. The number of carbonyl (C=O) groups excluding carboxylic acids is 1. The predicted octanol–water partition coefficient (Wildman–Crippen LogP) is 5.00. The molecule has 0 unspecified atom stereocenters. The van der Waals surface area contributed by atoms with Crippen molar-refractivity contribution in [3.05, 3.63) is 77.2 Å². The molecule has 5 aromatic rings. The number of hydrogen-bond acceptors (Lipinski definition) is 7. The van der Waals surface area contributed by atoms with Crippen LogP contribution in [-0.2, 0) is 11.3 Å². The van der Waals surface area contributed by atoms with E-state index in [1.807, 2.05) is 59.4 Å². The van der Waals surface area contributed by atoms with Gasteiger partial charge in [0, 0.05) is 23.8 Å². The molecule has 0 aliphatic heterocycles. The van der Waals surface area contributed by atoms with E-state index >= 15 is 0 Å². The van der Waals surface area contributed by atoms with E-state index in [2.05, 4.69) is 10.1 Å². The van der Waals surface area contributed by atoms with E-state index in [-0.39, 0.29) is 6.61 Å². The van der Waals surface area contributed by atoms with Gasteiger partial charge in [0.2, 0.25) is 5.76 Å². The van der Waals surface area contributed by atoms with Gasteiger partial charge in [-0.3, -0.25) is 0 Å². The molecule has 0 aliphatic rings. The summed E-state index contributed by atoms with van der Waals surface area (Å²) in [6, 6.07) is 15.1. The van der Waals surface area contributed by atoms with Gasteiger partial charge in [-0.15, -0.1) is 0 Å². The number of para-hydroxylation sites is 1. The lowest BCUT2D eigenvalue weighted by atomic mass is 10.2. The summed E-state index contributed by atoms with van der Waals surface area (Å²) in [6.45, 7) is 1.79. The van der Waals surface area contributed by atoms with Crippen molar-refractivity contribution in [3.63, 3.8) is 0 Å². The molecule has 0 amide bonds. The number of nitrogens with zero attached hydrogens (tertiary/aromatic N) is 3. The number of benzene rings is 1. The largest absolute Gasteiger partial charge is 0.455 e. The molecule has 0 atom stereocenters. The summed E-state index contributed by atoms with van der Waals surface area (Å²) in [6.07, 6.45) is 3.75. The first-order chi connectivity index (χ1) is 14.2. The van der Waals surface area contributed by atoms with Gasteiger partial charge in [0.05, 0.1) is 5.69 Å². The number of thiazole rings is 1. The second-order valence-electron chi connectivity index (χ2n) is 6.41. The number of aryl methyl sites for hydroxylation is 1. The number of fused-ring (bicyclic) bond motifs is 1. The number of aromatic nitrogens is 3. The molecule has 0 bridgehead atoms. The molecule has 29 heavy (non-hydrogen) atoms. The molecule has 0 spiro atoms. The van der Waals surface area contributed by atoms with Crippen LogP contribution in [0.2, 0.25) is 0 Å². The summed E-state index contributed by atoms with van der Waals surface area (Å²) in [7, 11) is 0. The van der Waals surface area contributed by atoms with Crippen LogP contribution in [0.15, 0.2) is 69.9 Å². The summed E-state index contributed by atoms with van der Waals surface area (Å²) < 4.78 is 18.4. The first-order valence-corrected chi connectivity index (χ1v) is 9.71. The van der Waals surface area contributed by atoms with Crippen LogP contribution in [0.5, 0.6) is 0 Å². The molecule has 0 radical (unpaired) electrons. The maximum atomic E-state index is 12.5. The minimum Gasteiger partial charge on any atom is -0.455 e. The zero-order chi connectivity index (χ0) is 19.8. The molecule has 4 aromatic heterocycles. The van der Waals surface area contributed by atoms with Crippen molar-refractivity contribution in [2.75, 3.05) is 0 Å². The van der Waals surface area contributed by atoms with E-state index < -0.39 is 5.97 Å². The molecule has 0 N–H and O–H groups in total. The highest BCUT2D eigenvalue weighted by Crippen LogP contribution is 2.28. The average Bonchev–Trinajstić information content (AvgIpc) is 3.51. The van der Waals surface area contributed by atoms with Gasteiger partial charge in [0.15, 0.2) is 10.9 Å². The lowest BCUT2D eigenvalue weighted by molar-refractivity contribution is 0.0469. The molecule has 4 heterocycles. The molecule has 8 heteroatoms. The number of ether oxygens (including phenoxy) is 1. The van der Waals surface area contributed by atoms with Gasteiger partial charge in [-0.1, -0.05) is 34.7 Å². The highest BCUT2D eigenvalue weighted by atomic mass is 32.1. The number of rotatable bonds is 5. The fourth-order valence-electron chi connectivity index (χ4n) is 2.95. The molecule has 0 aliphatic carbocycles. The van der Waals surface area contributed by atoms with Gasteiger partial charge in [0.25, 0.3) is 0 Å². The Labute approximate surface area is 169 Å². The van der Waals surface area contributed by atoms with Crippen LogP contribution in [0.3, 0.4) is 0 Å². The smallest absolute Gasteiger partial charge is 0.350 e. The molecular formula is C21H15N3O4S. The van der Waals surface area contributed by atoms with Gasteiger partial charge in [0.1, 0.15) is 22.8 Å². The summed E-state index contributed by atoms with van der Waals surface area (Å²) in [5.74, 6) is 0.619. The lowest BCUT2D eigenvalue weighted by Crippen LogP contribution is -2.05. The maximum absolute atomic E-state index is 12.5. The van der Waals surface area contributed by atoms with Gasteiger partial charge in [-0.05, 0) is 31.2 Å². The van der Waals surface area contributed by atoms with Gasteiger partial charge in [-0.25, -0.2) is 9.78 Å². The fraction of sp³-hybridized carbons (Fsp3) is 0.0952. The van der Waals surface area contributed by atoms with Crippen molar-refractivity contribution in [2.24, 2.45) is 0 Å². The van der Waals surface area contributed by atoms with Crippen LogP contribution in [0, 0.1) is 6.92 Å². The zero-order valence-corrected chi connectivity index (χ0v) is 16.2. The van der Waals surface area contributed by atoms with E-state index in [4.69, 9.17) is 13.7 Å².